The van der Waals surface area contributed by atoms with Crippen LogP contribution in [0.1, 0.15) is 117 Å². The predicted octanol–water partition coefficient (Wildman–Crippen LogP) is 4.66. The van der Waals surface area contributed by atoms with Crippen molar-refractivity contribution in [2.45, 2.75) is 129 Å². The number of halogens is 1. The molecule has 0 amide bonds. The van der Waals surface area contributed by atoms with E-state index in [0.29, 0.717) is 0 Å². The molecule has 0 heterocycles. The number of nitrogens with zero attached hydrogens (tertiary/aromatic N) is 1. The number of hydrogen-bond acceptors (Lipinski definition) is 7. The van der Waals surface area contributed by atoms with Crippen molar-refractivity contribution in [1.82, 2.24) is 4.90 Å². The van der Waals surface area contributed by atoms with Crippen LogP contribution < -0.4 is 5.73 Å². The highest BCUT2D eigenvalue weighted by Gasteiger charge is 2.26. The number of nitrogens with two attached hydrogens (primary N) is 1. The summed E-state index contributed by atoms with van der Waals surface area (Å²) < 4.78 is 5.03. The standard InChI is InChI=1S/C24H48N2O5.ClH/c1-3-4-5-6-7-8-9-10-11-12-13-14-15-16-17-18-22(29)23(25)24(30)31-21(2)26(19-27)20-28;/h21,23,27-28H,3-20,25H2,1-2H3;1H. The molecule has 0 aliphatic carbocycles. The molecule has 0 aromatic carbocycles. The van der Waals surface area contributed by atoms with Crippen LogP contribution in [0.15, 0.2) is 0 Å². The molecule has 0 aliphatic rings. The van der Waals surface area contributed by atoms with Gasteiger partial charge in [0.05, 0.1) is 0 Å². The van der Waals surface area contributed by atoms with Gasteiger partial charge in [0.25, 0.3) is 0 Å². The predicted molar refractivity (Wildman–Crippen MR) is 131 cm³/mol. The minimum absolute atomic E-state index is 0. The van der Waals surface area contributed by atoms with Gasteiger partial charge in [0.15, 0.2) is 18.1 Å². The fraction of sp³-hybridized carbons (Fsp3) is 0.917. The highest BCUT2D eigenvalue weighted by Crippen LogP contribution is 2.14. The van der Waals surface area contributed by atoms with E-state index < -0.39 is 31.7 Å². The summed E-state index contributed by atoms with van der Waals surface area (Å²) in [5.41, 5.74) is 5.69. The Hall–Kier alpha value is -0.730. The van der Waals surface area contributed by atoms with E-state index in [0.717, 1.165) is 24.2 Å². The molecule has 192 valence electrons. The molecule has 2 atom stereocenters. The van der Waals surface area contributed by atoms with Crippen molar-refractivity contribution in [3.8, 4) is 0 Å². The average Bonchev–Trinajstić information content (AvgIpc) is 2.76. The number of rotatable bonds is 22. The second-order valence-corrected chi connectivity index (χ2v) is 8.55. The second-order valence-electron chi connectivity index (χ2n) is 8.55. The second kappa shape index (κ2) is 23.4. The maximum Gasteiger partial charge on any atom is 0.332 e. The smallest absolute Gasteiger partial charge is 0.332 e. The van der Waals surface area contributed by atoms with Crippen molar-refractivity contribution < 1.29 is 24.5 Å². The highest BCUT2D eigenvalue weighted by atomic mass is 35.5. The van der Waals surface area contributed by atoms with Crippen LogP contribution in [-0.4, -0.2) is 52.6 Å². The Morgan fingerprint density at radius 2 is 1.16 bits per heavy atom. The number of hydrogen-bond donors (Lipinski definition) is 3. The number of aliphatic hydroxyl groups excluding tert-OH is 2. The van der Waals surface area contributed by atoms with Crippen LogP contribution in [-0.2, 0) is 14.3 Å². The van der Waals surface area contributed by atoms with Gasteiger partial charge in [0.1, 0.15) is 13.5 Å². The minimum Gasteiger partial charge on any atom is -0.445 e. The van der Waals surface area contributed by atoms with Gasteiger partial charge < -0.3 is 20.7 Å². The van der Waals surface area contributed by atoms with Gasteiger partial charge in [-0.25, -0.2) is 9.69 Å². The number of carbonyl (C=O) groups excluding carboxylic acids is 2. The van der Waals surface area contributed by atoms with Gasteiger partial charge in [-0.1, -0.05) is 96.8 Å². The average molecular weight is 481 g/mol. The van der Waals surface area contributed by atoms with Crippen molar-refractivity contribution in [1.29, 1.82) is 0 Å². The van der Waals surface area contributed by atoms with Gasteiger partial charge in [-0.15, -0.1) is 12.4 Å². The zero-order valence-electron chi connectivity index (χ0n) is 20.4. The number of ether oxygens (including phenoxy) is 1. The number of ketones is 1. The van der Waals surface area contributed by atoms with Crippen molar-refractivity contribution in [3.63, 3.8) is 0 Å². The Kier molecular flexibility index (Phi) is 24.5. The molecular weight excluding hydrogens is 432 g/mol. The largest absolute Gasteiger partial charge is 0.445 e. The molecule has 2 unspecified atom stereocenters. The Bertz CT molecular complexity index is 450. The highest BCUT2D eigenvalue weighted by molar-refractivity contribution is 6.02. The lowest BCUT2D eigenvalue weighted by atomic mass is 10.0. The molecule has 0 rings (SSSR count). The molecule has 4 N–H and O–H groups in total. The number of Topliss-reactive ketones (excluding diaryl/α,β-unsaturated/α-hetero) is 1. The first-order chi connectivity index (χ1) is 15.0. The van der Waals surface area contributed by atoms with E-state index in [4.69, 9.17) is 20.7 Å². The lowest BCUT2D eigenvalue weighted by Gasteiger charge is -2.25. The van der Waals surface area contributed by atoms with E-state index in [-0.39, 0.29) is 24.6 Å². The van der Waals surface area contributed by atoms with Gasteiger partial charge in [-0.05, 0) is 13.3 Å². The summed E-state index contributed by atoms with van der Waals surface area (Å²) >= 11 is 0. The molecule has 7 nitrogen and oxygen atoms in total. The summed E-state index contributed by atoms with van der Waals surface area (Å²) in [5.74, 6) is -1.16. The van der Waals surface area contributed by atoms with E-state index in [1.54, 1.807) is 0 Å². The molecule has 0 saturated carbocycles. The lowest BCUT2D eigenvalue weighted by Crippen LogP contribution is -2.45. The van der Waals surface area contributed by atoms with Gasteiger partial charge in [-0.3, -0.25) is 4.79 Å². The Morgan fingerprint density at radius 1 is 0.781 bits per heavy atom. The first-order valence-electron chi connectivity index (χ1n) is 12.4. The van der Waals surface area contributed by atoms with Crippen molar-refractivity contribution in [2.75, 3.05) is 13.5 Å². The maximum absolute atomic E-state index is 12.1. The molecule has 0 aromatic rings. The zero-order valence-corrected chi connectivity index (χ0v) is 21.3. The van der Waals surface area contributed by atoms with Crippen LogP contribution in [0.25, 0.3) is 0 Å². The van der Waals surface area contributed by atoms with Gasteiger partial charge in [0, 0.05) is 6.42 Å². The van der Waals surface area contributed by atoms with Crippen LogP contribution in [0, 0.1) is 0 Å². The lowest BCUT2D eigenvalue weighted by molar-refractivity contribution is -0.168. The maximum atomic E-state index is 12.1. The molecule has 0 saturated heterocycles. The number of aliphatic hydroxyl groups is 2. The fourth-order valence-electron chi connectivity index (χ4n) is 3.55. The topological polar surface area (TPSA) is 113 Å². The Labute approximate surface area is 201 Å². The number of esters is 1. The third kappa shape index (κ3) is 17.8. The first kappa shape index (κ1) is 33.4. The molecule has 0 fully saturated rings. The normalized spacial score (nSPS) is 12.9. The van der Waals surface area contributed by atoms with E-state index in [2.05, 4.69) is 6.92 Å². The monoisotopic (exact) mass is 480 g/mol. The fourth-order valence-corrected chi connectivity index (χ4v) is 3.55. The molecule has 0 radical (unpaired) electrons. The molecule has 0 aromatic heterocycles. The number of unbranched alkanes of at least 4 members (excludes halogenated alkanes) is 14. The third-order valence-corrected chi connectivity index (χ3v) is 5.79. The molecule has 0 bridgehead atoms. The molecule has 0 spiro atoms. The van der Waals surface area contributed by atoms with Crippen LogP contribution in [0.3, 0.4) is 0 Å². The minimum atomic E-state index is -1.31. The van der Waals surface area contributed by atoms with Crippen molar-refractivity contribution >= 4 is 24.2 Å². The Morgan fingerprint density at radius 3 is 1.53 bits per heavy atom. The molecule has 32 heavy (non-hydrogen) atoms. The van der Waals surface area contributed by atoms with Gasteiger partial charge in [-0.2, -0.15) is 0 Å². The quantitative estimate of drug-likeness (QED) is 0.0893. The van der Waals surface area contributed by atoms with Gasteiger partial charge in [0.2, 0.25) is 0 Å². The third-order valence-electron chi connectivity index (χ3n) is 5.79. The van der Waals surface area contributed by atoms with Crippen molar-refractivity contribution in [2.24, 2.45) is 5.73 Å². The van der Waals surface area contributed by atoms with Crippen LogP contribution in [0.5, 0.6) is 0 Å². The van der Waals surface area contributed by atoms with E-state index in [1.807, 2.05) is 0 Å². The van der Waals surface area contributed by atoms with Crippen LogP contribution in [0.4, 0.5) is 0 Å². The van der Waals surface area contributed by atoms with E-state index in [9.17, 15) is 9.59 Å². The molecule has 8 heteroatoms. The summed E-state index contributed by atoms with van der Waals surface area (Å²) in [6.45, 7) is 2.82. The van der Waals surface area contributed by atoms with E-state index >= 15 is 0 Å². The summed E-state index contributed by atoms with van der Waals surface area (Å²) in [4.78, 5) is 25.1. The van der Waals surface area contributed by atoms with E-state index in [1.165, 1.54) is 84.0 Å². The summed E-state index contributed by atoms with van der Waals surface area (Å²) in [5, 5.41) is 18.1. The molecule has 0 aliphatic heterocycles. The summed E-state index contributed by atoms with van der Waals surface area (Å²) in [6.07, 6.45) is 18.2. The number of carbonyl (C=O) groups is 2. The first-order valence-corrected chi connectivity index (χ1v) is 12.4. The van der Waals surface area contributed by atoms with Crippen LogP contribution in [0.2, 0.25) is 0 Å². The van der Waals surface area contributed by atoms with Gasteiger partial charge >= 0.3 is 5.97 Å². The summed E-state index contributed by atoms with van der Waals surface area (Å²) in [7, 11) is 0. The SMILES string of the molecule is CCCCCCCCCCCCCCCCCC(=O)C(N)C(=O)OC(C)N(CO)CO.Cl. The van der Waals surface area contributed by atoms with Crippen LogP contribution >= 0.6 is 12.4 Å². The van der Waals surface area contributed by atoms with Crippen molar-refractivity contribution in [3.05, 3.63) is 0 Å². The summed E-state index contributed by atoms with van der Waals surface area (Å²) in [6, 6.07) is -1.31. The molecular formula is C24H49ClN2O5. The zero-order chi connectivity index (χ0) is 23.3. The Balaban J connectivity index is 0.